The second-order valence-corrected chi connectivity index (χ2v) is 9.86. The summed E-state index contributed by atoms with van der Waals surface area (Å²) in [7, 11) is 3.09. The van der Waals surface area contributed by atoms with Gasteiger partial charge < -0.3 is 23.8 Å². The lowest BCUT2D eigenvalue weighted by molar-refractivity contribution is -0.143. The SMILES string of the molecule is COc1cccc([C@H]2O[C@H](C/C=C/C#N)C(=O)N(CC(C)(C)COC(C)=O)c3ccc(Cl)cc32)c1OC. The first-order valence-electron chi connectivity index (χ1n) is 11.8. The van der Waals surface area contributed by atoms with Crippen molar-refractivity contribution in [3.8, 4) is 17.6 Å². The van der Waals surface area contributed by atoms with E-state index >= 15 is 0 Å². The maximum atomic E-state index is 13.9. The molecule has 0 aliphatic carbocycles. The van der Waals surface area contributed by atoms with Crippen molar-refractivity contribution >= 4 is 29.2 Å². The minimum atomic E-state index is -0.916. The third kappa shape index (κ3) is 6.62. The predicted octanol–water partition coefficient (Wildman–Crippen LogP) is 5.24. The zero-order valence-corrected chi connectivity index (χ0v) is 22.4. The normalized spacial score (nSPS) is 17.6. The largest absolute Gasteiger partial charge is 0.493 e. The van der Waals surface area contributed by atoms with E-state index in [9.17, 15) is 9.59 Å². The Labute approximate surface area is 222 Å². The molecule has 196 valence electrons. The van der Waals surface area contributed by atoms with Gasteiger partial charge in [-0.1, -0.05) is 43.7 Å². The minimum Gasteiger partial charge on any atom is -0.493 e. The number of hydrogen-bond donors (Lipinski definition) is 0. The molecule has 3 rings (SSSR count). The van der Waals surface area contributed by atoms with E-state index in [1.165, 1.54) is 13.0 Å². The Balaban J connectivity index is 2.20. The summed E-state index contributed by atoms with van der Waals surface area (Å²) < 4.78 is 22.9. The smallest absolute Gasteiger partial charge is 0.302 e. The molecule has 0 fully saturated rings. The Morgan fingerprint density at radius 2 is 1.97 bits per heavy atom. The van der Waals surface area contributed by atoms with Crippen molar-refractivity contribution in [2.24, 2.45) is 5.41 Å². The summed E-state index contributed by atoms with van der Waals surface area (Å²) in [6.07, 6.45) is 1.46. The Bertz CT molecular complexity index is 1220. The number of nitrogens with zero attached hydrogens (tertiary/aromatic N) is 2. The van der Waals surface area contributed by atoms with Crippen LogP contribution in [0.15, 0.2) is 48.6 Å². The Morgan fingerprint density at radius 3 is 2.62 bits per heavy atom. The fourth-order valence-electron chi connectivity index (χ4n) is 4.26. The van der Waals surface area contributed by atoms with Gasteiger partial charge in [0.1, 0.15) is 12.2 Å². The molecule has 0 N–H and O–H groups in total. The highest BCUT2D eigenvalue weighted by Crippen LogP contribution is 2.45. The first kappa shape index (κ1) is 28.0. The lowest BCUT2D eigenvalue weighted by Crippen LogP contribution is -2.45. The number of hydrogen-bond acceptors (Lipinski definition) is 7. The summed E-state index contributed by atoms with van der Waals surface area (Å²) in [4.78, 5) is 27.0. The molecule has 8 nitrogen and oxygen atoms in total. The van der Waals surface area contributed by atoms with Crippen LogP contribution in [-0.2, 0) is 19.1 Å². The Morgan fingerprint density at radius 1 is 1.22 bits per heavy atom. The second kappa shape index (κ2) is 12.1. The van der Waals surface area contributed by atoms with Gasteiger partial charge in [-0.05, 0) is 24.3 Å². The van der Waals surface area contributed by atoms with Crippen molar-refractivity contribution in [2.45, 2.75) is 39.4 Å². The molecule has 2 atom stereocenters. The minimum absolute atomic E-state index is 0.127. The molecule has 0 aromatic heterocycles. The van der Waals surface area contributed by atoms with Gasteiger partial charge >= 0.3 is 5.97 Å². The van der Waals surface area contributed by atoms with Crippen LogP contribution in [0, 0.1) is 16.7 Å². The van der Waals surface area contributed by atoms with Crippen molar-refractivity contribution in [3.63, 3.8) is 0 Å². The van der Waals surface area contributed by atoms with Gasteiger partial charge in [0.15, 0.2) is 11.5 Å². The van der Waals surface area contributed by atoms with E-state index in [1.54, 1.807) is 49.5 Å². The lowest BCUT2D eigenvalue weighted by Gasteiger charge is -2.33. The number of benzene rings is 2. The average molecular weight is 527 g/mol. The van der Waals surface area contributed by atoms with E-state index in [0.717, 1.165) is 0 Å². The van der Waals surface area contributed by atoms with E-state index in [-0.39, 0.29) is 25.5 Å². The van der Waals surface area contributed by atoms with E-state index in [0.29, 0.717) is 33.3 Å². The van der Waals surface area contributed by atoms with Crippen LogP contribution in [0.25, 0.3) is 0 Å². The zero-order chi connectivity index (χ0) is 27.2. The molecule has 1 aliphatic rings. The van der Waals surface area contributed by atoms with Gasteiger partial charge in [0.05, 0.1) is 26.9 Å². The highest BCUT2D eigenvalue weighted by atomic mass is 35.5. The van der Waals surface area contributed by atoms with Crippen LogP contribution in [0.5, 0.6) is 11.5 Å². The first-order chi connectivity index (χ1) is 17.6. The van der Waals surface area contributed by atoms with Gasteiger partial charge in [-0.15, -0.1) is 0 Å². The van der Waals surface area contributed by atoms with Crippen LogP contribution in [0.1, 0.15) is 44.4 Å². The number of carbonyl (C=O) groups excluding carboxylic acids is 2. The number of allylic oxidation sites excluding steroid dienone is 1. The standard InChI is InChI=1S/C28H31ClN2O6/c1-18(32)36-17-28(2,3)16-31-22-13-12-19(29)15-21(22)25(37-24(27(31)33)10-6-7-14-30)20-9-8-11-23(34-4)26(20)35-5/h6-9,11-13,15,24-25H,10,16-17H2,1-5H3/b7-6+/t24-,25-/m1/s1. The maximum Gasteiger partial charge on any atom is 0.302 e. The molecule has 9 heteroatoms. The highest BCUT2D eigenvalue weighted by molar-refractivity contribution is 6.30. The quantitative estimate of drug-likeness (QED) is 0.325. The number of methoxy groups -OCH3 is 2. The van der Waals surface area contributed by atoms with Crippen molar-refractivity contribution in [3.05, 3.63) is 64.7 Å². The van der Waals surface area contributed by atoms with Gasteiger partial charge in [0.25, 0.3) is 5.91 Å². The molecular weight excluding hydrogens is 496 g/mol. The molecule has 0 spiro atoms. The molecule has 0 unspecified atom stereocenters. The van der Waals surface area contributed by atoms with Gasteiger partial charge in [-0.25, -0.2) is 0 Å². The number of amides is 1. The maximum absolute atomic E-state index is 13.9. The number of esters is 1. The van der Waals surface area contributed by atoms with Crippen molar-refractivity contribution in [1.82, 2.24) is 0 Å². The summed E-state index contributed by atoms with van der Waals surface area (Å²) in [6.45, 7) is 5.55. The van der Waals surface area contributed by atoms with Gasteiger partial charge in [0.2, 0.25) is 0 Å². The van der Waals surface area contributed by atoms with Crippen molar-refractivity contribution in [1.29, 1.82) is 5.26 Å². The Hall–Kier alpha value is -3.54. The second-order valence-electron chi connectivity index (χ2n) is 9.43. The fraction of sp³-hybridized carbons (Fsp3) is 0.393. The summed E-state index contributed by atoms with van der Waals surface area (Å²) in [5.41, 5.74) is 1.38. The van der Waals surface area contributed by atoms with Crippen LogP contribution in [0.2, 0.25) is 5.02 Å². The molecule has 0 saturated carbocycles. The molecule has 0 saturated heterocycles. The number of rotatable bonds is 9. The summed E-state index contributed by atoms with van der Waals surface area (Å²) >= 11 is 6.44. The highest BCUT2D eigenvalue weighted by Gasteiger charge is 2.39. The van der Waals surface area contributed by atoms with Crippen molar-refractivity contribution < 1.29 is 28.5 Å². The van der Waals surface area contributed by atoms with Crippen LogP contribution < -0.4 is 14.4 Å². The van der Waals surface area contributed by atoms with E-state index in [4.69, 9.17) is 35.8 Å². The monoisotopic (exact) mass is 526 g/mol. The molecule has 2 aromatic carbocycles. The number of para-hydroxylation sites is 1. The molecule has 0 radical (unpaired) electrons. The molecular formula is C28H31ClN2O6. The van der Waals surface area contributed by atoms with E-state index in [2.05, 4.69) is 0 Å². The Kier molecular flexibility index (Phi) is 9.19. The summed E-state index contributed by atoms with van der Waals surface area (Å²) in [5, 5.41) is 9.47. The van der Waals surface area contributed by atoms with Crippen molar-refractivity contribution in [2.75, 3.05) is 32.3 Å². The lowest BCUT2D eigenvalue weighted by atomic mass is 9.92. The van der Waals surface area contributed by atoms with Gasteiger partial charge in [0, 0.05) is 53.2 Å². The number of nitriles is 1. The van der Waals surface area contributed by atoms with Gasteiger partial charge in [-0.3, -0.25) is 9.59 Å². The van der Waals surface area contributed by atoms with Crippen LogP contribution >= 0.6 is 11.6 Å². The van der Waals surface area contributed by atoms with E-state index in [1.807, 2.05) is 32.0 Å². The average Bonchev–Trinajstić information content (AvgIpc) is 2.97. The van der Waals surface area contributed by atoms with Crippen LogP contribution in [0.4, 0.5) is 5.69 Å². The molecule has 0 bridgehead atoms. The molecule has 1 aliphatic heterocycles. The first-order valence-corrected chi connectivity index (χ1v) is 12.1. The number of fused-ring (bicyclic) bond motifs is 1. The third-order valence-electron chi connectivity index (χ3n) is 5.92. The number of ether oxygens (including phenoxy) is 4. The number of carbonyl (C=O) groups is 2. The third-order valence-corrected chi connectivity index (χ3v) is 6.15. The number of halogens is 1. The topological polar surface area (TPSA) is 98.1 Å². The molecule has 1 amide bonds. The summed E-state index contributed by atoms with van der Waals surface area (Å²) in [6, 6.07) is 12.7. The van der Waals surface area contributed by atoms with Crippen LogP contribution in [0.3, 0.4) is 0 Å². The predicted molar refractivity (Wildman–Crippen MR) is 140 cm³/mol. The van der Waals surface area contributed by atoms with Gasteiger partial charge in [-0.2, -0.15) is 5.26 Å². The molecule has 37 heavy (non-hydrogen) atoms. The molecule has 2 aromatic rings. The van der Waals surface area contributed by atoms with E-state index < -0.39 is 23.6 Å². The molecule has 1 heterocycles. The zero-order valence-electron chi connectivity index (χ0n) is 21.6. The fourth-order valence-corrected chi connectivity index (χ4v) is 4.44. The number of anilines is 1. The van der Waals surface area contributed by atoms with Crippen LogP contribution in [-0.4, -0.2) is 45.4 Å². The summed E-state index contributed by atoms with van der Waals surface area (Å²) in [5.74, 6) is 0.313.